The standard InChI is InChI=1S/C12H13Cl/c1-5-9-6-10(12(2,3)4)8-11(13)7-9/h1,6-8H,2-4H3. The van der Waals surface area contributed by atoms with Gasteiger partial charge in [0.1, 0.15) is 0 Å². The first-order valence-corrected chi connectivity index (χ1v) is 4.59. The molecule has 0 fully saturated rings. The molecule has 0 heterocycles. The summed E-state index contributed by atoms with van der Waals surface area (Å²) in [5, 5.41) is 0.709. The van der Waals surface area contributed by atoms with Crippen molar-refractivity contribution < 1.29 is 0 Å². The molecule has 0 N–H and O–H groups in total. The highest BCUT2D eigenvalue weighted by molar-refractivity contribution is 6.30. The lowest BCUT2D eigenvalue weighted by molar-refractivity contribution is 0.590. The summed E-state index contributed by atoms with van der Waals surface area (Å²) in [6.45, 7) is 6.41. The topological polar surface area (TPSA) is 0 Å². The molecule has 0 bridgehead atoms. The molecule has 0 radical (unpaired) electrons. The molecular weight excluding hydrogens is 180 g/mol. The van der Waals surface area contributed by atoms with E-state index < -0.39 is 0 Å². The Hall–Kier alpha value is -0.930. The molecule has 0 atom stereocenters. The van der Waals surface area contributed by atoms with Gasteiger partial charge in [0, 0.05) is 10.6 Å². The SMILES string of the molecule is C#Cc1cc(Cl)cc(C(C)(C)C)c1. The molecule has 1 heteroatoms. The van der Waals surface area contributed by atoms with E-state index in [1.807, 2.05) is 12.1 Å². The summed E-state index contributed by atoms with van der Waals surface area (Å²) in [6.07, 6.45) is 5.32. The monoisotopic (exact) mass is 192 g/mol. The zero-order chi connectivity index (χ0) is 10.1. The van der Waals surface area contributed by atoms with Gasteiger partial charge in [-0.2, -0.15) is 0 Å². The van der Waals surface area contributed by atoms with Crippen molar-refractivity contribution in [1.29, 1.82) is 0 Å². The van der Waals surface area contributed by atoms with E-state index >= 15 is 0 Å². The molecule has 13 heavy (non-hydrogen) atoms. The van der Waals surface area contributed by atoms with Gasteiger partial charge in [-0.05, 0) is 29.2 Å². The van der Waals surface area contributed by atoms with E-state index in [1.165, 1.54) is 5.56 Å². The molecule has 0 aromatic heterocycles. The lowest BCUT2D eigenvalue weighted by atomic mass is 9.86. The molecule has 1 aromatic rings. The van der Waals surface area contributed by atoms with Crippen LogP contribution >= 0.6 is 11.6 Å². The molecule has 0 aliphatic carbocycles. The van der Waals surface area contributed by atoms with E-state index in [-0.39, 0.29) is 5.41 Å². The number of halogens is 1. The van der Waals surface area contributed by atoms with Gasteiger partial charge in [-0.1, -0.05) is 38.3 Å². The third-order valence-corrected chi connectivity index (χ3v) is 2.15. The molecule has 0 spiro atoms. The van der Waals surface area contributed by atoms with E-state index in [1.54, 1.807) is 6.07 Å². The van der Waals surface area contributed by atoms with Crippen LogP contribution in [0.3, 0.4) is 0 Å². The Morgan fingerprint density at radius 1 is 1.23 bits per heavy atom. The summed E-state index contributed by atoms with van der Waals surface area (Å²) < 4.78 is 0. The Balaban J connectivity index is 3.26. The number of terminal acetylenes is 1. The Morgan fingerprint density at radius 3 is 2.31 bits per heavy atom. The van der Waals surface area contributed by atoms with Crippen LogP contribution in [-0.2, 0) is 5.41 Å². The average Bonchev–Trinajstić information content (AvgIpc) is 2.01. The van der Waals surface area contributed by atoms with Gasteiger partial charge in [0.15, 0.2) is 0 Å². The van der Waals surface area contributed by atoms with Crippen molar-refractivity contribution in [3.05, 3.63) is 34.3 Å². The smallest absolute Gasteiger partial charge is 0.0421 e. The first-order valence-electron chi connectivity index (χ1n) is 4.21. The Bertz CT molecular complexity index is 350. The van der Waals surface area contributed by atoms with Crippen LogP contribution in [0.25, 0.3) is 0 Å². The molecule has 0 aliphatic heterocycles. The summed E-state index contributed by atoms with van der Waals surface area (Å²) in [5.41, 5.74) is 2.11. The van der Waals surface area contributed by atoms with Gasteiger partial charge in [0.05, 0.1) is 0 Å². The maximum atomic E-state index is 5.94. The molecular formula is C12H13Cl. The lowest BCUT2D eigenvalue weighted by Gasteiger charge is -2.19. The quantitative estimate of drug-likeness (QED) is 0.551. The number of hydrogen-bond acceptors (Lipinski definition) is 0. The molecule has 0 unspecified atom stereocenters. The fraction of sp³-hybridized carbons (Fsp3) is 0.333. The van der Waals surface area contributed by atoms with Crippen LogP contribution in [0.5, 0.6) is 0 Å². The van der Waals surface area contributed by atoms with Crippen molar-refractivity contribution in [2.75, 3.05) is 0 Å². The molecule has 1 rings (SSSR count). The summed E-state index contributed by atoms with van der Waals surface area (Å²) in [7, 11) is 0. The molecule has 0 aliphatic rings. The highest BCUT2D eigenvalue weighted by Gasteiger charge is 2.14. The summed E-state index contributed by atoms with van der Waals surface area (Å²) in [4.78, 5) is 0. The summed E-state index contributed by atoms with van der Waals surface area (Å²) in [5.74, 6) is 2.60. The lowest BCUT2D eigenvalue weighted by Crippen LogP contribution is -2.11. The molecule has 68 valence electrons. The summed E-state index contributed by atoms with van der Waals surface area (Å²) >= 11 is 5.94. The zero-order valence-corrected chi connectivity index (χ0v) is 8.94. The number of benzene rings is 1. The number of hydrogen-bond donors (Lipinski definition) is 0. The number of rotatable bonds is 0. The van der Waals surface area contributed by atoms with Crippen molar-refractivity contribution in [3.63, 3.8) is 0 Å². The van der Waals surface area contributed by atoms with E-state index in [0.717, 1.165) is 5.56 Å². The van der Waals surface area contributed by atoms with Crippen LogP contribution in [0, 0.1) is 12.3 Å². The van der Waals surface area contributed by atoms with Gasteiger partial charge in [-0.3, -0.25) is 0 Å². The van der Waals surface area contributed by atoms with Crippen molar-refractivity contribution >= 4 is 11.6 Å². The molecule has 1 aromatic carbocycles. The maximum absolute atomic E-state index is 5.94. The van der Waals surface area contributed by atoms with Crippen LogP contribution in [-0.4, -0.2) is 0 Å². The predicted octanol–water partition coefficient (Wildman–Crippen LogP) is 3.62. The Kier molecular flexibility index (Phi) is 2.68. The molecule has 0 saturated heterocycles. The van der Waals surface area contributed by atoms with Gasteiger partial charge in [0.2, 0.25) is 0 Å². The van der Waals surface area contributed by atoms with E-state index in [9.17, 15) is 0 Å². The van der Waals surface area contributed by atoms with Crippen molar-refractivity contribution in [2.45, 2.75) is 26.2 Å². The van der Waals surface area contributed by atoms with Crippen molar-refractivity contribution in [2.24, 2.45) is 0 Å². The fourth-order valence-corrected chi connectivity index (χ4v) is 1.34. The van der Waals surface area contributed by atoms with Gasteiger partial charge >= 0.3 is 0 Å². The minimum atomic E-state index is 0.0938. The van der Waals surface area contributed by atoms with E-state index in [0.29, 0.717) is 5.02 Å². The zero-order valence-electron chi connectivity index (χ0n) is 8.19. The minimum absolute atomic E-state index is 0.0938. The van der Waals surface area contributed by atoms with Crippen molar-refractivity contribution in [1.82, 2.24) is 0 Å². The maximum Gasteiger partial charge on any atom is 0.0421 e. The Morgan fingerprint density at radius 2 is 1.85 bits per heavy atom. The normalized spacial score (nSPS) is 11.0. The van der Waals surface area contributed by atoms with Gasteiger partial charge in [-0.25, -0.2) is 0 Å². The first-order chi connectivity index (χ1) is 5.93. The fourth-order valence-electron chi connectivity index (χ4n) is 1.11. The highest BCUT2D eigenvalue weighted by Crippen LogP contribution is 2.26. The van der Waals surface area contributed by atoms with Crippen LogP contribution < -0.4 is 0 Å². The second-order valence-corrected chi connectivity index (χ2v) is 4.56. The molecule has 0 amide bonds. The third kappa shape index (κ3) is 2.50. The van der Waals surface area contributed by atoms with Crippen LogP contribution in [0.2, 0.25) is 5.02 Å². The summed E-state index contributed by atoms with van der Waals surface area (Å²) in [6, 6.07) is 5.77. The second-order valence-electron chi connectivity index (χ2n) is 4.12. The predicted molar refractivity (Wildman–Crippen MR) is 58.1 cm³/mol. The van der Waals surface area contributed by atoms with Crippen LogP contribution in [0.15, 0.2) is 18.2 Å². The van der Waals surface area contributed by atoms with Gasteiger partial charge < -0.3 is 0 Å². The highest BCUT2D eigenvalue weighted by atomic mass is 35.5. The first kappa shape index (κ1) is 10.2. The second kappa shape index (κ2) is 3.44. The van der Waals surface area contributed by atoms with E-state index in [4.69, 9.17) is 18.0 Å². The largest absolute Gasteiger partial charge is 0.115 e. The van der Waals surface area contributed by atoms with Crippen LogP contribution in [0.4, 0.5) is 0 Å². The minimum Gasteiger partial charge on any atom is -0.115 e. The molecule has 0 saturated carbocycles. The average molecular weight is 193 g/mol. The molecule has 0 nitrogen and oxygen atoms in total. The van der Waals surface area contributed by atoms with E-state index in [2.05, 4.69) is 26.7 Å². The van der Waals surface area contributed by atoms with Gasteiger partial charge in [-0.15, -0.1) is 6.42 Å². The Labute approximate surface area is 84.9 Å². The third-order valence-electron chi connectivity index (χ3n) is 1.93. The van der Waals surface area contributed by atoms with Crippen molar-refractivity contribution in [3.8, 4) is 12.3 Å². The van der Waals surface area contributed by atoms with Gasteiger partial charge in [0.25, 0.3) is 0 Å². The van der Waals surface area contributed by atoms with Crippen LogP contribution in [0.1, 0.15) is 31.9 Å².